The maximum Gasteiger partial charge on any atom is 0.338 e. The van der Waals surface area contributed by atoms with Gasteiger partial charge in [0.05, 0.1) is 24.8 Å². The van der Waals surface area contributed by atoms with E-state index in [1.54, 1.807) is 19.1 Å². The molecule has 0 fully saturated rings. The predicted octanol–water partition coefficient (Wildman–Crippen LogP) is 4.34. The minimum atomic E-state index is -0.592. The SMILES string of the molecule is CCOC(=O)c1ccc(-c2ccc(CNC(C)C(O)c3ccccc3)o2)cc1. The average Bonchev–Trinajstić information content (AvgIpc) is 3.21. The van der Waals surface area contributed by atoms with E-state index >= 15 is 0 Å². The molecule has 0 radical (unpaired) electrons. The van der Waals surface area contributed by atoms with Crippen molar-refractivity contribution in [2.45, 2.75) is 32.5 Å². The first-order valence-electron chi connectivity index (χ1n) is 9.41. The summed E-state index contributed by atoms with van der Waals surface area (Å²) in [5.41, 5.74) is 2.28. The number of rotatable bonds is 8. The molecule has 5 nitrogen and oxygen atoms in total. The van der Waals surface area contributed by atoms with Gasteiger partial charge in [-0.15, -0.1) is 0 Å². The van der Waals surface area contributed by atoms with Gasteiger partial charge in [0.25, 0.3) is 0 Å². The molecule has 0 aliphatic heterocycles. The Bertz CT molecular complexity index is 886. The highest BCUT2D eigenvalue weighted by Crippen LogP contribution is 2.23. The Labute approximate surface area is 165 Å². The molecule has 2 N–H and O–H groups in total. The molecule has 0 bridgehead atoms. The Morgan fingerprint density at radius 2 is 1.79 bits per heavy atom. The molecule has 0 aliphatic rings. The van der Waals surface area contributed by atoms with Crippen LogP contribution in [0.3, 0.4) is 0 Å². The molecule has 3 aromatic rings. The summed E-state index contributed by atoms with van der Waals surface area (Å²) in [6.45, 7) is 4.58. The monoisotopic (exact) mass is 379 g/mol. The second-order valence-corrected chi connectivity index (χ2v) is 6.59. The van der Waals surface area contributed by atoms with Gasteiger partial charge in [0.2, 0.25) is 0 Å². The fourth-order valence-corrected chi connectivity index (χ4v) is 2.93. The van der Waals surface area contributed by atoms with Crippen LogP contribution in [0.5, 0.6) is 0 Å². The zero-order valence-corrected chi connectivity index (χ0v) is 16.1. The van der Waals surface area contributed by atoms with Crippen molar-refractivity contribution in [1.82, 2.24) is 5.32 Å². The third kappa shape index (κ3) is 4.88. The van der Waals surface area contributed by atoms with Crippen LogP contribution in [0, 0.1) is 0 Å². The third-order valence-corrected chi connectivity index (χ3v) is 4.56. The second-order valence-electron chi connectivity index (χ2n) is 6.59. The van der Waals surface area contributed by atoms with Gasteiger partial charge >= 0.3 is 5.97 Å². The van der Waals surface area contributed by atoms with Gasteiger partial charge in [0.15, 0.2) is 0 Å². The standard InChI is InChI=1S/C23H25NO4/c1-3-27-23(26)19-11-9-17(10-12-19)21-14-13-20(28-21)15-24-16(2)22(25)18-7-5-4-6-8-18/h4-14,16,22,24-25H,3,15H2,1-2H3. The lowest BCUT2D eigenvalue weighted by Gasteiger charge is -2.20. The summed E-state index contributed by atoms with van der Waals surface area (Å²) in [7, 11) is 0. The number of nitrogens with one attached hydrogen (secondary N) is 1. The fraction of sp³-hybridized carbons (Fsp3) is 0.261. The molecule has 2 unspecified atom stereocenters. The van der Waals surface area contributed by atoms with Gasteiger partial charge in [-0.2, -0.15) is 0 Å². The summed E-state index contributed by atoms with van der Waals surface area (Å²) in [6, 6.07) is 20.4. The van der Waals surface area contributed by atoms with E-state index in [4.69, 9.17) is 9.15 Å². The summed E-state index contributed by atoms with van der Waals surface area (Å²) in [6.07, 6.45) is -0.592. The van der Waals surface area contributed by atoms with Crippen LogP contribution in [-0.4, -0.2) is 23.7 Å². The molecule has 5 heteroatoms. The average molecular weight is 379 g/mol. The summed E-state index contributed by atoms with van der Waals surface area (Å²) >= 11 is 0. The Balaban J connectivity index is 1.59. The number of carbonyl (C=O) groups excluding carboxylic acids is 1. The zero-order valence-electron chi connectivity index (χ0n) is 16.1. The Morgan fingerprint density at radius 1 is 1.07 bits per heavy atom. The van der Waals surface area contributed by atoms with Crippen molar-refractivity contribution in [1.29, 1.82) is 0 Å². The fourth-order valence-electron chi connectivity index (χ4n) is 2.93. The highest BCUT2D eigenvalue weighted by atomic mass is 16.5. The first-order chi connectivity index (χ1) is 13.6. The van der Waals surface area contributed by atoms with Gasteiger partial charge in [-0.1, -0.05) is 42.5 Å². The Kier molecular flexibility index (Phi) is 6.63. The van der Waals surface area contributed by atoms with Gasteiger partial charge in [-0.25, -0.2) is 4.79 Å². The number of benzene rings is 2. The highest BCUT2D eigenvalue weighted by Gasteiger charge is 2.16. The van der Waals surface area contributed by atoms with Crippen molar-refractivity contribution in [2.75, 3.05) is 6.61 Å². The van der Waals surface area contributed by atoms with E-state index in [1.807, 2.05) is 61.5 Å². The van der Waals surface area contributed by atoms with E-state index in [1.165, 1.54) is 0 Å². The molecule has 28 heavy (non-hydrogen) atoms. The van der Waals surface area contributed by atoms with Crippen molar-refractivity contribution in [3.63, 3.8) is 0 Å². The minimum Gasteiger partial charge on any atom is -0.462 e. The molecule has 1 aromatic heterocycles. The highest BCUT2D eigenvalue weighted by molar-refractivity contribution is 5.89. The first-order valence-corrected chi connectivity index (χ1v) is 9.41. The molecule has 0 aliphatic carbocycles. The van der Waals surface area contributed by atoms with Crippen LogP contribution in [-0.2, 0) is 11.3 Å². The zero-order chi connectivity index (χ0) is 19.9. The Morgan fingerprint density at radius 3 is 2.46 bits per heavy atom. The van der Waals surface area contributed by atoms with Crippen LogP contribution in [0.4, 0.5) is 0 Å². The summed E-state index contributed by atoms with van der Waals surface area (Å²) in [4.78, 5) is 11.7. The van der Waals surface area contributed by atoms with Crippen LogP contribution in [0.25, 0.3) is 11.3 Å². The quantitative estimate of drug-likeness (QED) is 0.570. The summed E-state index contributed by atoms with van der Waals surface area (Å²) < 4.78 is 10.9. The lowest BCUT2D eigenvalue weighted by Crippen LogP contribution is -2.31. The smallest absolute Gasteiger partial charge is 0.338 e. The van der Waals surface area contributed by atoms with Crippen LogP contribution < -0.4 is 5.32 Å². The van der Waals surface area contributed by atoms with Crippen molar-refractivity contribution >= 4 is 5.97 Å². The van der Waals surface area contributed by atoms with Gasteiger partial charge in [0, 0.05) is 11.6 Å². The van der Waals surface area contributed by atoms with Crippen molar-refractivity contribution < 1.29 is 19.1 Å². The van der Waals surface area contributed by atoms with E-state index in [9.17, 15) is 9.90 Å². The predicted molar refractivity (Wildman–Crippen MR) is 108 cm³/mol. The van der Waals surface area contributed by atoms with E-state index in [2.05, 4.69) is 5.32 Å². The number of hydrogen-bond donors (Lipinski definition) is 2. The normalized spacial score (nSPS) is 13.1. The van der Waals surface area contributed by atoms with Crippen LogP contribution in [0.2, 0.25) is 0 Å². The van der Waals surface area contributed by atoms with Gasteiger partial charge < -0.3 is 19.6 Å². The first kappa shape index (κ1) is 19.9. The maximum absolute atomic E-state index is 11.7. The number of ether oxygens (including phenoxy) is 1. The van der Waals surface area contributed by atoms with Crippen LogP contribution >= 0.6 is 0 Å². The second kappa shape index (κ2) is 9.35. The molecular formula is C23H25NO4. The molecule has 146 valence electrons. The van der Waals surface area contributed by atoms with E-state index in [-0.39, 0.29) is 12.0 Å². The number of hydrogen-bond acceptors (Lipinski definition) is 5. The molecular weight excluding hydrogens is 354 g/mol. The number of aliphatic hydroxyl groups excluding tert-OH is 1. The third-order valence-electron chi connectivity index (χ3n) is 4.56. The largest absolute Gasteiger partial charge is 0.462 e. The topological polar surface area (TPSA) is 71.7 Å². The minimum absolute atomic E-state index is 0.125. The Hall–Kier alpha value is -2.89. The molecule has 2 atom stereocenters. The summed E-state index contributed by atoms with van der Waals surface area (Å²) in [5, 5.41) is 13.7. The van der Waals surface area contributed by atoms with E-state index < -0.39 is 6.10 Å². The van der Waals surface area contributed by atoms with Crippen molar-refractivity contribution in [3.8, 4) is 11.3 Å². The molecule has 1 heterocycles. The van der Waals surface area contributed by atoms with Crippen LogP contribution in [0.15, 0.2) is 71.1 Å². The molecule has 0 spiro atoms. The van der Waals surface area contributed by atoms with E-state index in [0.717, 1.165) is 22.6 Å². The van der Waals surface area contributed by atoms with Gasteiger partial charge in [-0.3, -0.25) is 0 Å². The van der Waals surface area contributed by atoms with Crippen molar-refractivity contribution in [2.24, 2.45) is 0 Å². The number of esters is 1. The number of carbonyl (C=O) groups is 1. The van der Waals surface area contributed by atoms with E-state index in [0.29, 0.717) is 18.7 Å². The van der Waals surface area contributed by atoms with Gasteiger partial charge in [0.1, 0.15) is 11.5 Å². The number of aliphatic hydroxyl groups is 1. The van der Waals surface area contributed by atoms with Crippen LogP contribution in [0.1, 0.15) is 41.6 Å². The van der Waals surface area contributed by atoms with Gasteiger partial charge in [-0.05, 0) is 43.7 Å². The molecule has 0 saturated carbocycles. The maximum atomic E-state index is 11.7. The molecule has 0 saturated heterocycles. The lowest BCUT2D eigenvalue weighted by atomic mass is 10.0. The summed E-state index contributed by atoms with van der Waals surface area (Å²) in [5.74, 6) is 1.17. The number of furan rings is 1. The molecule has 3 rings (SSSR count). The van der Waals surface area contributed by atoms with Crippen molar-refractivity contribution in [3.05, 3.63) is 83.6 Å². The molecule has 0 amide bonds. The molecule has 2 aromatic carbocycles. The lowest BCUT2D eigenvalue weighted by molar-refractivity contribution is 0.0526.